The number of thioether (sulfide) groups is 1. The Hall–Kier alpha value is -2.66. The second-order valence-electron chi connectivity index (χ2n) is 7.06. The molecule has 0 saturated carbocycles. The molecule has 1 aliphatic heterocycles. The van der Waals surface area contributed by atoms with E-state index in [1.54, 1.807) is 26.0 Å². The van der Waals surface area contributed by atoms with Crippen LogP contribution < -0.4 is 9.47 Å². The largest absolute Gasteiger partial charge is 0.493 e. The lowest BCUT2D eigenvalue weighted by molar-refractivity contribution is -0.128. The van der Waals surface area contributed by atoms with E-state index in [0.29, 0.717) is 18.0 Å². The van der Waals surface area contributed by atoms with Crippen LogP contribution in [0.25, 0.3) is 5.57 Å². The lowest BCUT2D eigenvalue weighted by Gasteiger charge is -2.23. The normalized spacial score (nSPS) is 15.8. The molecule has 1 atom stereocenters. The summed E-state index contributed by atoms with van der Waals surface area (Å²) in [6.45, 7) is 6.50. The van der Waals surface area contributed by atoms with Gasteiger partial charge < -0.3 is 14.4 Å². The van der Waals surface area contributed by atoms with Gasteiger partial charge in [-0.25, -0.2) is 0 Å². The maximum atomic E-state index is 13.6. The fourth-order valence-electron chi connectivity index (χ4n) is 3.68. The van der Waals surface area contributed by atoms with E-state index in [1.807, 2.05) is 47.5 Å². The Balaban J connectivity index is 2.15. The van der Waals surface area contributed by atoms with E-state index >= 15 is 0 Å². The molecule has 0 spiro atoms. The topological polar surface area (TPSA) is 38.8 Å². The van der Waals surface area contributed by atoms with Gasteiger partial charge in [0.2, 0.25) is 5.91 Å². The van der Waals surface area contributed by atoms with E-state index in [4.69, 9.17) is 9.47 Å². The van der Waals surface area contributed by atoms with Crippen molar-refractivity contribution in [2.75, 3.05) is 20.0 Å². The third-order valence-corrected chi connectivity index (χ3v) is 6.27. The minimum absolute atomic E-state index is 0.0905. The van der Waals surface area contributed by atoms with E-state index in [0.717, 1.165) is 40.9 Å². The molecule has 0 aromatic heterocycles. The molecule has 0 radical (unpaired) electrons. The van der Waals surface area contributed by atoms with Crippen LogP contribution >= 0.6 is 11.8 Å². The number of benzene rings is 2. The molecule has 0 fully saturated rings. The molecule has 5 heteroatoms. The highest BCUT2D eigenvalue weighted by atomic mass is 32.2. The first-order chi connectivity index (χ1) is 14.6. The fourth-order valence-corrected chi connectivity index (χ4v) is 4.67. The van der Waals surface area contributed by atoms with Gasteiger partial charge in [-0.1, -0.05) is 43.3 Å². The Bertz CT molecular complexity index is 923. The van der Waals surface area contributed by atoms with E-state index in [-0.39, 0.29) is 11.2 Å². The van der Waals surface area contributed by atoms with Gasteiger partial charge in [0.25, 0.3) is 0 Å². The zero-order valence-electron chi connectivity index (χ0n) is 17.9. The number of ether oxygens (including phenoxy) is 2. The molecule has 3 rings (SSSR count). The zero-order chi connectivity index (χ0) is 21.5. The van der Waals surface area contributed by atoms with Crippen molar-refractivity contribution < 1.29 is 14.3 Å². The van der Waals surface area contributed by atoms with Gasteiger partial charge in [-0.15, -0.1) is 18.3 Å². The smallest absolute Gasteiger partial charge is 0.244 e. The number of hydrogen-bond acceptors (Lipinski definition) is 4. The second-order valence-corrected chi connectivity index (χ2v) is 8.45. The Kier molecular flexibility index (Phi) is 7.63. The minimum Gasteiger partial charge on any atom is -0.493 e. The van der Waals surface area contributed by atoms with Crippen LogP contribution in [-0.2, 0) is 11.3 Å². The van der Waals surface area contributed by atoms with Crippen LogP contribution in [0.15, 0.2) is 61.3 Å². The summed E-state index contributed by atoms with van der Waals surface area (Å²) in [5.74, 6) is 2.24. The van der Waals surface area contributed by atoms with E-state index in [2.05, 4.69) is 25.6 Å². The Morgan fingerprint density at radius 2 is 1.83 bits per heavy atom. The summed E-state index contributed by atoms with van der Waals surface area (Å²) in [7, 11) is 3.26. The van der Waals surface area contributed by atoms with Gasteiger partial charge in [0.05, 0.1) is 20.8 Å². The van der Waals surface area contributed by atoms with Crippen LogP contribution in [-0.4, -0.2) is 30.8 Å². The lowest BCUT2D eigenvalue weighted by atomic mass is 9.95. The number of methoxy groups -OCH3 is 2. The van der Waals surface area contributed by atoms with Crippen molar-refractivity contribution in [2.24, 2.45) is 0 Å². The van der Waals surface area contributed by atoms with E-state index in [9.17, 15) is 4.79 Å². The number of rotatable bonds is 9. The SMILES string of the molecule is C=CCCC1=CN(Cc2ccccc2)C(=O)C(SCC)c2cc(OC)c(OC)cc21. The molecule has 0 saturated heterocycles. The molecular formula is C25H29NO3S. The third kappa shape index (κ3) is 4.73. The summed E-state index contributed by atoms with van der Waals surface area (Å²) < 4.78 is 11.1. The van der Waals surface area contributed by atoms with Crippen molar-refractivity contribution in [3.63, 3.8) is 0 Å². The lowest BCUT2D eigenvalue weighted by Crippen LogP contribution is -2.28. The molecule has 0 bridgehead atoms. The summed E-state index contributed by atoms with van der Waals surface area (Å²) in [4.78, 5) is 15.5. The molecular weight excluding hydrogens is 394 g/mol. The minimum atomic E-state index is -0.300. The quantitative estimate of drug-likeness (QED) is 0.475. The van der Waals surface area contributed by atoms with Gasteiger partial charge >= 0.3 is 0 Å². The van der Waals surface area contributed by atoms with E-state index < -0.39 is 0 Å². The molecule has 158 valence electrons. The average molecular weight is 424 g/mol. The molecule has 0 N–H and O–H groups in total. The molecule has 30 heavy (non-hydrogen) atoms. The fraction of sp³-hybridized carbons (Fsp3) is 0.320. The molecule has 2 aromatic rings. The highest BCUT2D eigenvalue weighted by Gasteiger charge is 2.32. The zero-order valence-corrected chi connectivity index (χ0v) is 18.7. The summed E-state index contributed by atoms with van der Waals surface area (Å²) in [6, 6.07) is 14.1. The highest BCUT2D eigenvalue weighted by Crippen LogP contribution is 2.44. The first kappa shape index (κ1) is 22.0. The van der Waals surface area contributed by atoms with Crippen LogP contribution in [0.5, 0.6) is 11.5 Å². The number of allylic oxidation sites excluding steroid dienone is 2. The number of hydrogen-bond donors (Lipinski definition) is 0. The van der Waals surface area contributed by atoms with Gasteiger partial charge in [0.15, 0.2) is 11.5 Å². The molecule has 4 nitrogen and oxygen atoms in total. The number of fused-ring (bicyclic) bond motifs is 1. The average Bonchev–Trinajstić information content (AvgIpc) is 2.88. The molecule has 1 unspecified atom stereocenters. The van der Waals surface area contributed by atoms with Crippen molar-refractivity contribution in [3.8, 4) is 11.5 Å². The monoisotopic (exact) mass is 423 g/mol. The van der Waals surface area contributed by atoms with Gasteiger partial charge in [0, 0.05) is 6.20 Å². The number of carbonyl (C=O) groups is 1. The maximum absolute atomic E-state index is 13.6. The Labute approximate surface area is 183 Å². The van der Waals surface area contributed by atoms with Crippen LogP contribution in [0.1, 0.15) is 41.7 Å². The summed E-state index contributed by atoms with van der Waals surface area (Å²) in [5, 5.41) is -0.300. The van der Waals surface area contributed by atoms with Crippen molar-refractivity contribution in [1.29, 1.82) is 0 Å². The second kappa shape index (κ2) is 10.4. The summed E-state index contributed by atoms with van der Waals surface area (Å²) >= 11 is 1.65. The van der Waals surface area contributed by atoms with Gasteiger partial charge in [-0.2, -0.15) is 0 Å². The van der Waals surface area contributed by atoms with Gasteiger partial charge in [-0.3, -0.25) is 4.79 Å². The van der Waals surface area contributed by atoms with Crippen LogP contribution in [0, 0.1) is 0 Å². The predicted octanol–water partition coefficient (Wildman–Crippen LogP) is 5.85. The molecule has 1 aliphatic rings. The molecule has 2 aromatic carbocycles. The third-order valence-electron chi connectivity index (χ3n) is 5.15. The Morgan fingerprint density at radius 1 is 1.13 bits per heavy atom. The standard InChI is InChI=1S/C25H29NO3S/c1-5-7-13-19-17-26(16-18-11-9-8-10-12-18)25(27)24(30-6-2)21-15-23(29-4)22(28-3)14-20(19)21/h5,8-12,14-15,17,24H,1,6-7,13,16H2,2-4H3. The van der Waals surface area contributed by atoms with Crippen molar-refractivity contribution in [3.05, 3.63) is 78.0 Å². The van der Waals surface area contributed by atoms with Gasteiger partial charge in [0.1, 0.15) is 5.25 Å². The number of amides is 1. The Morgan fingerprint density at radius 3 is 2.47 bits per heavy atom. The highest BCUT2D eigenvalue weighted by molar-refractivity contribution is 8.00. The molecule has 0 aliphatic carbocycles. The van der Waals surface area contributed by atoms with Crippen LogP contribution in [0.2, 0.25) is 0 Å². The maximum Gasteiger partial charge on any atom is 0.244 e. The number of nitrogens with zero attached hydrogens (tertiary/aromatic N) is 1. The van der Waals surface area contributed by atoms with Crippen molar-refractivity contribution >= 4 is 23.2 Å². The van der Waals surface area contributed by atoms with E-state index in [1.165, 1.54) is 0 Å². The summed E-state index contributed by atoms with van der Waals surface area (Å²) in [5.41, 5.74) is 4.24. The number of carbonyl (C=O) groups excluding carboxylic acids is 1. The first-order valence-electron chi connectivity index (χ1n) is 10.2. The summed E-state index contributed by atoms with van der Waals surface area (Å²) in [6.07, 6.45) is 5.56. The molecule has 1 amide bonds. The predicted molar refractivity (Wildman–Crippen MR) is 125 cm³/mol. The van der Waals surface area contributed by atoms with Crippen LogP contribution in [0.4, 0.5) is 0 Å². The van der Waals surface area contributed by atoms with Crippen molar-refractivity contribution in [2.45, 2.75) is 31.6 Å². The van der Waals surface area contributed by atoms with Crippen LogP contribution in [0.3, 0.4) is 0 Å². The van der Waals surface area contributed by atoms with Gasteiger partial charge in [-0.05, 0) is 53.0 Å². The molecule has 1 heterocycles. The first-order valence-corrected chi connectivity index (χ1v) is 11.2. The van der Waals surface area contributed by atoms with Crippen molar-refractivity contribution in [1.82, 2.24) is 4.90 Å².